The number of amidine groups is 1. The fraction of sp³-hybridized carbons (Fsp3) is 0.333. The van der Waals surface area contributed by atoms with Gasteiger partial charge >= 0.3 is 0 Å². The van der Waals surface area contributed by atoms with Crippen molar-refractivity contribution in [3.05, 3.63) is 63.5 Å². The van der Waals surface area contributed by atoms with E-state index in [1.165, 1.54) is 0 Å². The number of hydrogen-bond acceptors (Lipinski definition) is 9. The first-order valence-corrected chi connectivity index (χ1v) is 11.2. The maximum Gasteiger partial charge on any atom is 0.244 e. The minimum Gasteiger partial charge on any atom is -0.371 e. The lowest BCUT2D eigenvalue weighted by atomic mass is 9.85. The Labute approximate surface area is 201 Å². The Balaban J connectivity index is 1.51. The second-order valence-corrected chi connectivity index (χ2v) is 8.54. The molecule has 2 aliphatic heterocycles. The fourth-order valence-electron chi connectivity index (χ4n) is 3.92. The van der Waals surface area contributed by atoms with E-state index in [9.17, 15) is 4.79 Å². The van der Waals surface area contributed by atoms with Gasteiger partial charge in [0.1, 0.15) is 12.4 Å². The van der Waals surface area contributed by atoms with Crippen LogP contribution in [0.15, 0.2) is 52.6 Å². The zero-order valence-corrected chi connectivity index (χ0v) is 19.1. The number of nitrogens with zero attached hydrogens (tertiary/aromatic N) is 5. The van der Waals surface area contributed by atoms with Crippen molar-refractivity contribution < 1.29 is 4.79 Å². The average Bonchev–Trinajstić information content (AvgIpc) is 2.83. The normalized spacial score (nSPS) is 16.5. The van der Waals surface area contributed by atoms with Crippen LogP contribution in [0.25, 0.3) is 10.4 Å². The summed E-state index contributed by atoms with van der Waals surface area (Å²) in [6.45, 7) is 1.73. The standard InChI is InChI=1S/C21H26ClN11O/c22-15-3-1-2-14(10-15)12-25-31-20-21(6-8-33(24)9-7-21)28-17-5-4-16(11-18(17)27-20)29-30-19(34)13-26-32-23/h1-5,10-11,25,28-29H,6-9,12-13,24H2,(H,27,31)(H,30,34). The highest BCUT2D eigenvalue weighted by atomic mass is 35.5. The highest BCUT2D eigenvalue weighted by Crippen LogP contribution is 2.39. The zero-order valence-electron chi connectivity index (χ0n) is 18.4. The van der Waals surface area contributed by atoms with Crippen LogP contribution in [-0.4, -0.2) is 41.9 Å². The van der Waals surface area contributed by atoms with Crippen LogP contribution in [0, 0.1) is 0 Å². The summed E-state index contributed by atoms with van der Waals surface area (Å²) in [4.78, 5) is 19.2. The number of hydrazine groups is 3. The summed E-state index contributed by atoms with van der Waals surface area (Å²) in [5, 5.41) is 9.38. The van der Waals surface area contributed by atoms with E-state index in [1.807, 2.05) is 47.5 Å². The van der Waals surface area contributed by atoms with Gasteiger partial charge in [0.05, 0.1) is 22.6 Å². The number of nitrogens with two attached hydrogens (primary N) is 1. The molecule has 1 fully saturated rings. The van der Waals surface area contributed by atoms with Crippen LogP contribution in [0.3, 0.4) is 0 Å². The molecular formula is C21H26ClN11O. The Bertz CT molecular complexity index is 1120. The lowest BCUT2D eigenvalue weighted by molar-refractivity contribution is -0.119. The molecule has 2 aliphatic rings. The van der Waals surface area contributed by atoms with Crippen molar-refractivity contribution in [3.8, 4) is 0 Å². The van der Waals surface area contributed by atoms with Crippen LogP contribution in [0.4, 0.5) is 17.1 Å². The van der Waals surface area contributed by atoms with Crippen molar-refractivity contribution in [1.29, 1.82) is 0 Å². The lowest BCUT2D eigenvalue weighted by Crippen LogP contribution is -2.62. The van der Waals surface area contributed by atoms with Gasteiger partial charge in [-0.05, 0) is 54.3 Å². The van der Waals surface area contributed by atoms with Gasteiger partial charge in [-0.2, -0.15) is 0 Å². The molecule has 178 valence electrons. The highest BCUT2D eigenvalue weighted by Gasteiger charge is 2.41. The van der Waals surface area contributed by atoms with Crippen molar-refractivity contribution in [1.82, 2.24) is 21.3 Å². The molecule has 1 saturated heterocycles. The van der Waals surface area contributed by atoms with Crippen LogP contribution in [0.1, 0.15) is 18.4 Å². The molecule has 1 amide bonds. The molecule has 4 rings (SSSR count). The summed E-state index contributed by atoms with van der Waals surface area (Å²) < 4.78 is 0. The van der Waals surface area contributed by atoms with E-state index in [0.29, 0.717) is 22.9 Å². The summed E-state index contributed by atoms with van der Waals surface area (Å²) in [5.41, 5.74) is 23.1. The second kappa shape index (κ2) is 10.6. The number of carbonyl (C=O) groups excluding carboxylic acids is 1. The molecule has 0 aliphatic carbocycles. The van der Waals surface area contributed by atoms with Crippen molar-refractivity contribution in [3.63, 3.8) is 0 Å². The van der Waals surface area contributed by atoms with E-state index in [4.69, 9.17) is 28.0 Å². The average molecular weight is 484 g/mol. The van der Waals surface area contributed by atoms with Crippen molar-refractivity contribution in [2.24, 2.45) is 15.9 Å². The number of halogens is 1. The lowest BCUT2D eigenvalue weighted by Gasteiger charge is -2.44. The number of azide groups is 1. The minimum absolute atomic E-state index is 0.290. The molecule has 0 aromatic heterocycles. The molecule has 0 saturated carbocycles. The summed E-state index contributed by atoms with van der Waals surface area (Å²) in [7, 11) is 0. The van der Waals surface area contributed by atoms with E-state index >= 15 is 0 Å². The minimum atomic E-state index is -0.447. The molecular weight excluding hydrogens is 458 g/mol. The molecule has 0 atom stereocenters. The molecule has 0 bridgehead atoms. The first kappa shape index (κ1) is 23.6. The van der Waals surface area contributed by atoms with Gasteiger partial charge < -0.3 is 10.7 Å². The van der Waals surface area contributed by atoms with Gasteiger partial charge in [0, 0.05) is 29.6 Å². The Morgan fingerprint density at radius 2 is 2.09 bits per heavy atom. The Morgan fingerprint density at radius 1 is 1.26 bits per heavy atom. The summed E-state index contributed by atoms with van der Waals surface area (Å²) in [6.07, 6.45) is 1.56. The van der Waals surface area contributed by atoms with Crippen LogP contribution in [0.2, 0.25) is 5.02 Å². The van der Waals surface area contributed by atoms with E-state index in [-0.39, 0.29) is 12.1 Å². The first-order chi connectivity index (χ1) is 16.5. The number of nitrogens with one attached hydrogen (secondary N) is 5. The molecule has 13 heteroatoms. The third kappa shape index (κ3) is 5.68. The highest BCUT2D eigenvalue weighted by molar-refractivity contribution is 6.30. The van der Waals surface area contributed by atoms with E-state index in [0.717, 1.165) is 43.0 Å². The van der Waals surface area contributed by atoms with Crippen LogP contribution in [0.5, 0.6) is 0 Å². The molecule has 12 nitrogen and oxygen atoms in total. The van der Waals surface area contributed by atoms with E-state index in [1.54, 1.807) is 0 Å². The van der Waals surface area contributed by atoms with Gasteiger partial charge in [-0.15, -0.1) is 0 Å². The number of benzene rings is 2. The van der Waals surface area contributed by atoms with Gasteiger partial charge in [-0.3, -0.25) is 21.5 Å². The summed E-state index contributed by atoms with van der Waals surface area (Å²) in [5.74, 6) is 6.33. The largest absolute Gasteiger partial charge is 0.371 e. The fourth-order valence-corrected chi connectivity index (χ4v) is 4.13. The number of anilines is 2. The molecule has 2 aromatic rings. The molecule has 7 N–H and O–H groups in total. The topological polar surface area (TPSA) is 168 Å². The second-order valence-electron chi connectivity index (χ2n) is 8.11. The smallest absolute Gasteiger partial charge is 0.244 e. The Morgan fingerprint density at radius 3 is 2.85 bits per heavy atom. The number of aliphatic imine (C=N–C) groups is 1. The van der Waals surface area contributed by atoms with Gasteiger partial charge in [-0.25, -0.2) is 15.4 Å². The monoisotopic (exact) mass is 483 g/mol. The number of carbonyl (C=O) groups is 1. The van der Waals surface area contributed by atoms with E-state index in [2.05, 4.69) is 37.0 Å². The Hall–Kier alpha value is -3.54. The zero-order chi connectivity index (χ0) is 24.0. The Kier molecular flexibility index (Phi) is 7.36. The van der Waals surface area contributed by atoms with Crippen molar-refractivity contribution >= 4 is 40.4 Å². The third-order valence-electron chi connectivity index (χ3n) is 5.72. The maximum atomic E-state index is 11.7. The van der Waals surface area contributed by atoms with E-state index < -0.39 is 5.91 Å². The molecule has 0 radical (unpaired) electrons. The van der Waals surface area contributed by atoms with Gasteiger partial charge in [0.2, 0.25) is 5.91 Å². The maximum absolute atomic E-state index is 11.7. The summed E-state index contributed by atoms with van der Waals surface area (Å²) >= 11 is 6.09. The number of hydrogen-bond donors (Lipinski definition) is 6. The number of piperidine rings is 1. The van der Waals surface area contributed by atoms with Gasteiger partial charge in [-0.1, -0.05) is 28.8 Å². The predicted molar refractivity (Wildman–Crippen MR) is 132 cm³/mol. The quantitative estimate of drug-likeness (QED) is 0.116. The number of amides is 1. The molecule has 2 aromatic carbocycles. The predicted octanol–water partition coefficient (Wildman–Crippen LogP) is 2.55. The van der Waals surface area contributed by atoms with Crippen LogP contribution >= 0.6 is 11.6 Å². The van der Waals surface area contributed by atoms with Crippen LogP contribution < -0.4 is 32.9 Å². The SMILES string of the molecule is [N-]=[N+]=NCC(=O)NNc1ccc2c(c1)N=C(NNCc1cccc(Cl)c1)C1(CCN(N)CC1)N2. The van der Waals surface area contributed by atoms with Crippen molar-refractivity contribution in [2.75, 3.05) is 30.4 Å². The van der Waals surface area contributed by atoms with Crippen molar-refractivity contribution in [2.45, 2.75) is 24.9 Å². The van der Waals surface area contributed by atoms with Gasteiger partial charge in [0.25, 0.3) is 0 Å². The number of rotatable bonds is 7. The van der Waals surface area contributed by atoms with Gasteiger partial charge in [0.15, 0.2) is 0 Å². The molecule has 0 unspecified atom stereocenters. The molecule has 2 heterocycles. The third-order valence-corrected chi connectivity index (χ3v) is 5.96. The first-order valence-electron chi connectivity index (χ1n) is 10.8. The molecule has 1 spiro atoms. The summed E-state index contributed by atoms with van der Waals surface area (Å²) in [6, 6.07) is 13.2. The number of fused-ring (bicyclic) bond motifs is 1. The van der Waals surface area contributed by atoms with Crippen LogP contribution in [-0.2, 0) is 11.3 Å². The molecule has 34 heavy (non-hydrogen) atoms.